The Labute approximate surface area is 132 Å². The topological polar surface area (TPSA) is 66.8 Å². The number of methoxy groups -OCH3 is 1. The molecule has 2 rings (SSSR count). The van der Waals surface area contributed by atoms with E-state index < -0.39 is 5.97 Å². The third kappa shape index (κ3) is 3.65. The molecule has 0 aliphatic rings. The molecule has 0 saturated carbocycles. The fraction of sp³-hybridized carbons (Fsp3) is 0.250. The van der Waals surface area contributed by atoms with Crippen LogP contribution in [0.2, 0.25) is 0 Å². The maximum absolute atomic E-state index is 12.5. The van der Waals surface area contributed by atoms with Gasteiger partial charge >= 0.3 is 5.97 Å². The van der Waals surface area contributed by atoms with Crippen LogP contribution in [0.1, 0.15) is 31.8 Å². The summed E-state index contributed by atoms with van der Waals surface area (Å²) >= 11 is 0.999. The largest absolute Gasteiger partial charge is 0.497 e. The quantitative estimate of drug-likeness (QED) is 0.888. The Balaban J connectivity index is 2.12. The molecule has 116 valence electrons. The number of carboxylic acids is 1. The number of hydrogen-bond acceptors (Lipinski definition) is 4. The zero-order chi connectivity index (χ0) is 16.1. The molecule has 0 bridgehead atoms. The second kappa shape index (κ2) is 7.09. The van der Waals surface area contributed by atoms with Crippen LogP contribution in [-0.4, -0.2) is 35.5 Å². The Morgan fingerprint density at radius 1 is 1.14 bits per heavy atom. The minimum absolute atomic E-state index is 0.157. The molecule has 2 aromatic rings. The number of benzene rings is 1. The molecule has 5 nitrogen and oxygen atoms in total. The molecular weight excluding hydrogens is 302 g/mol. The highest BCUT2D eigenvalue weighted by molar-refractivity contribution is 7.15. The normalized spacial score (nSPS) is 10.3. The fourth-order valence-corrected chi connectivity index (χ4v) is 2.81. The van der Waals surface area contributed by atoms with Crippen molar-refractivity contribution < 1.29 is 19.4 Å². The van der Waals surface area contributed by atoms with Gasteiger partial charge in [0.15, 0.2) is 0 Å². The van der Waals surface area contributed by atoms with Crippen LogP contribution in [-0.2, 0) is 6.54 Å². The van der Waals surface area contributed by atoms with E-state index in [1.54, 1.807) is 18.1 Å². The minimum Gasteiger partial charge on any atom is -0.497 e. The summed E-state index contributed by atoms with van der Waals surface area (Å²) in [4.78, 5) is 25.6. The van der Waals surface area contributed by atoms with Crippen LogP contribution in [0, 0.1) is 0 Å². The van der Waals surface area contributed by atoms with E-state index in [-0.39, 0.29) is 10.8 Å². The Bertz CT molecular complexity index is 663. The first kappa shape index (κ1) is 16.0. The summed E-state index contributed by atoms with van der Waals surface area (Å²) in [5, 5.41) is 8.93. The van der Waals surface area contributed by atoms with E-state index >= 15 is 0 Å². The zero-order valence-electron chi connectivity index (χ0n) is 12.4. The predicted octanol–water partition coefficient (Wildman–Crippen LogP) is 3.12. The Morgan fingerprint density at radius 3 is 2.27 bits per heavy atom. The maximum atomic E-state index is 12.5. The van der Waals surface area contributed by atoms with Gasteiger partial charge in [-0.25, -0.2) is 4.79 Å². The average Bonchev–Trinajstić information content (AvgIpc) is 3.02. The van der Waals surface area contributed by atoms with Gasteiger partial charge in [-0.05, 0) is 36.8 Å². The van der Waals surface area contributed by atoms with Crippen LogP contribution in [0.5, 0.6) is 5.75 Å². The Kier molecular flexibility index (Phi) is 5.16. The summed E-state index contributed by atoms with van der Waals surface area (Å²) in [6.07, 6.45) is 0. The molecule has 1 aromatic heterocycles. The van der Waals surface area contributed by atoms with E-state index in [1.165, 1.54) is 6.07 Å². The van der Waals surface area contributed by atoms with Crippen molar-refractivity contribution in [3.8, 4) is 5.75 Å². The molecule has 0 aliphatic carbocycles. The molecule has 1 aromatic carbocycles. The molecule has 1 heterocycles. The summed E-state index contributed by atoms with van der Waals surface area (Å²) in [5.74, 6) is -0.402. The van der Waals surface area contributed by atoms with Crippen LogP contribution < -0.4 is 4.74 Å². The van der Waals surface area contributed by atoms with Gasteiger partial charge in [0.05, 0.1) is 12.0 Å². The molecule has 0 radical (unpaired) electrons. The maximum Gasteiger partial charge on any atom is 0.345 e. The monoisotopic (exact) mass is 319 g/mol. The third-order valence-corrected chi connectivity index (χ3v) is 4.29. The molecule has 0 fully saturated rings. The van der Waals surface area contributed by atoms with Gasteiger partial charge in [0, 0.05) is 13.1 Å². The van der Waals surface area contributed by atoms with E-state index in [9.17, 15) is 9.59 Å². The highest BCUT2D eigenvalue weighted by Crippen LogP contribution is 2.20. The number of carbonyl (C=O) groups is 2. The van der Waals surface area contributed by atoms with Gasteiger partial charge in [-0.1, -0.05) is 12.1 Å². The Morgan fingerprint density at radius 2 is 1.77 bits per heavy atom. The highest BCUT2D eigenvalue weighted by Gasteiger charge is 2.18. The summed E-state index contributed by atoms with van der Waals surface area (Å²) < 4.78 is 5.11. The second-order valence-corrected chi connectivity index (χ2v) is 5.72. The van der Waals surface area contributed by atoms with Crippen molar-refractivity contribution in [2.24, 2.45) is 0 Å². The number of hydrogen-bond donors (Lipinski definition) is 1. The number of carboxylic acid groups (broad SMARTS) is 1. The fourth-order valence-electron chi connectivity index (χ4n) is 2.00. The van der Waals surface area contributed by atoms with E-state index in [0.717, 1.165) is 22.6 Å². The van der Waals surface area contributed by atoms with E-state index in [2.05, 4.69) is 0 Å². The third-order valence-electron chi connectivity index (χ3n) is 3.23. The predicted molar refractivity (Wildman–Crippen MR) is 84.7 cm³/mol. The van der Waals surface area contributed by atoms with Gasteiger partial charge in [-0.3, -0.25) is 4.79 Å². The van der Waals surface area contributed by atoms with E-state index in [4.69, 9.17) is 9.84 Å². The molecule has 1 amide bonds. The smallest absolute Gasteiger partial charge is 0.345 e. The van der Waals surface area contributed by atoms with Crippen molar-refractivity contribution in [2.45, 2.75) is 13.5 Å². The van der Waals surface area contributed by atoms with Crippen molar-refractivity contribution in [1.29, 1.82) is 0 Å². The number of carbonyl (C=O) groups excluding carboxylic acids is 1. The molecule has 0 spiro atoms. The zero-order valence-corrected chi connectivity index (χ0v) is 13.2. The first-order valence-corrected chi connectivity index (χ1v) is 7.62. The van der Waals surface area contributed by atoms with Crippen molar-refractivity contribution >= 4 is 23.2 Å². The Hall–Kier alpha value is -2.34. The highest BCUT2D eigenvalue weighted by atomic mass is 32.1. The molecule has 22 heavy (non-hydrogen) atoms. The van der Waals surface area contributed by atoms with Crippen molar-refractivity contribution in [2.75, 3.05) is 13.7 Å². The first-order chi connectivity index (χ1) is 10.5. The molecule has 6 heteroatoms. The average molecular weight is 319 g/mol. The number of nitrogens with zero attached hydrogens (tertiary/aromatic N) is 1. The lowest BCUT2D eigenvalue weighted by Gasteiger charge is -2.20. The second-order valence-electron chi connectivity index (χ2n) is 4.64. The standard InChI is InChI=1S/C16H17NO4S/c1-3-17(10-11-4-6-12(21-2)7-5-11)15(18)13-8-9-14(22-13)16(19)20/h4-9H,3,10H2,1-2H3,(H,19,20). The summed E-state index contributed by atoms with van der Waals surface area (Å²) in [5.41, 5.74) is 0.992. The minimum atomic E-state index is -1.01. The number of rotatable bonds is 6. The van der Waals surface area contributed by atoms with E-state index in [0.29, 0.717) is 18.0 Å². The van der Waals surface area contributed by atoms with Gasteiger partial charge in [-0.15, -0.1) is 11.3 Å². The van der Waals surface area contributed by atoms with Gasteiger partial charge in [0.2, 0.25) is 0 Å². The molecule has 0 saturated heterocycles. The number of amides is 1. The number of thiophene rings is 1. The summed E-state index contributed by atoms with van der Waals surface area (Å²) in [7, 11) is 1.60. The summed E-state index contributed by atoms with van der Waals surface area (Å²) in [6.45, 7) is 2.91. The van der Waals surface area contributed by atoms with Crippen LogP contribution in [0.25, 0.3) is 0 Å². The lowest BCUT2D eigenvalue weighted by atomic mass is 10.2. The van der Waals surface area contributed by atoms with Crippen molar-refractivity contribution in [3.63, 3.8) is 0 Å². The lowest BCUT2D eigenvalue weighted by molar-refractivity contribution is 0.0701. The van der Waals surface area contributed by atoms with Gasteiger partial charge < -0.3 is 14.7 Å². The number of aromatic carboxylic acids is 1. The van der Waals surface area contributed by atoms with Gasteiger partial charge in [-0.2, -0.15) is 0 Å². The molecule has 0 aliphatic heterocycles. The van der Waals surface area contributed by atoms with Crippen LogP contribution in [0.4, 0.5) is 0 Å². The van der Waals surface area contributed by atoms with Crippen molar-refractivity contribution in [3.05, 3.63) is 51.7 Å². The molecular formula is C16H17NO4S. The van der Waals surface area contributed by atoms with E-state index in [1.807, 2.05) is 31.2 Å². The number of ether oxygens (including phenoxy) is 1. The van der Waals surface area contributed by atoms with Crippen LogP contribution in [0.3, 0.4) is 0 Å². The molecule has 1 N–H and O–H groups in total. The summed E-state index contributed by atoms with van der Waals surface area (Å²) in [6, 6.07) is 10.5. The SMILES string of the molecule is CCN(Cc1ccc(OC)cc1)C(=O)c1ccc(C(=O)O)s1. The molecule has 0 atom stereocenters. The van der Waals surface area contributed by atoms with Crippen LogP contribution in [0.15, 0.2) is 36.4 Å². The van der Waals surface area contributed by atoms with Crippen LogP contribution >= 0.6 is 11.3 Å². The van der Waals surface area contributed by atoms with Gasteiger partial charge in [0.25, 0.3) is 5.91 Å². The first-order valence-electron chi connectivity index (χ1n) is 6.80. The lowest BCUT2D eigenvalue weighted by Crippen LogP contribution is -2.29. The van der Waals surface area contributed by atoms with Crippen molar-refractivity contribution in [1.82, 2.24) is 4.90 Å². The van der Waals surface area contributed by atoms with Gasteiger partial charge in [0.1, 0.15) is 10.6 Å². The molecule has 0 unspecified atom stereocenters.